The highest BCUT2D eigenvalue weighted by molar-refractivity contribution is 7.89. The smallest absolute Gasteiger partial charge is 0.251 e. The van der Waals surface area contributed by atoms with Crippen LogP contribution in [0.25, 0.3) is 0 Å². The highest BCUT2D eigenvalue weighted by Crippen LogP contribution is 2.20. The number of carbonyl (C=O) groups excluding carboxylic acids is 1. The topological polar surface area (TPSA) is 66.5 Å². The minimum atomic E-state index is -3.55. The molecule has 1 N–H and O–H groups in total. The van der Waals surface area contributed by atoms with E-state index in [1.807, 2.05) is 52.0 Å². The minimum absolute atomic E-state index is 0.0893. The Morgan fingerprint density at radius 2 is 1.59 bits per heavy atom. The highest BCUT2D eigenvalue weighted by Gasteiger charge is 2.23. The van der Waals surface area contributed by atoms with Gasteiger partial charge in [-0.05, 0) is 57.0 Å². The molecule has 0 saturated carbocycles. The van der Waals surface area contributed by atoms with E-state index in [1.54, 1.807) is 19.2 Å². The SMILES string of the molecule is CCC(NC(=O)c1ccc(S(=O)(=O)N(C)C(C)C)cc1)c1ccc(C)cc1. The van der Waals surface area contributed by atoms with E-state index in [0.717, 1.165) is 12.0 Å². The van der Waals surface area contributed by atoms with Crippen LogP contribution in [-0.2, 0) is 10.0 Å². The van der Waals surface area contributed by atoms with E-state index in [0.29, 0.717) is 5.56 Å². The van der Waals surface area contributed by atoms with Crippen molar-refractivity contribution < 1.29 is 13.2 Å². The molecule has 1 atom stereocenters. The number of hydrogen-bond acceptors (Lipinski definition) is 3. The molecule has 0 aliphatic heterocycles. The monoisotopic (exact) mass is 388 g/mol. The molecule has 6 heteroatoms. The number of carbonyl (C=O) groups is 1. The molecule has 0 fully saturated rings. The van der Waals surface area contributed by atoms with Gasteiger partial charge >= 0.3 is 0 Å². The summed E-state index contributed by atoms with van der Waals surface area (Å²) in [6.45, 7) is 7.67. The molecule has 0 spiro atoms. The second kappa shape index (κ2) is 8.67. The Bertz CT molecular complexity index is 873. The van der Waals surface area contributed by atoms with Gasteiger partial charge in [0.15, 0.2) is 0 Å². The maximum absolute atomic E-state index is 12.6. The summed E-state index contributed by atoms with van der Waals surface area (Å²) >= 11 is 0. The van der Waals surface area contributed by atoms with E-state index < -0.39 is 10.0 Å². The number of nitrogens with one attached hydrogen (secondary N) is 1. The first-order valence-corrected chi connectivity index (χ1v) is 10.6. The Kier molecular flexibility index (Phi) is 6.78. The molecule has 2 aromatic carbocycles. The number of hydrogen-bond donors (Lipinski definition) is 1. The third-order valence-corrected chi connectivity index (χ3v) is 6.76. The van der Waals surface area contributed by atoms with Crippen molar-refractivity contribution in [2.24, 2.45) is 0 Å². The van der Waals surface area contributed by atoms with Crippen LogP contribution < -0.4 is 5.32 Å². The molecule has 2 aromatic rings. The van der Waals surface area contributed by atoms with Crippen molar-refractivity contribution in [3.63, 3.8) is 0 Å². The summed E-state index contributed by atoms with van der Waals surface area (Å²) in [5.74, 6) is -0.219. The number of nitrogens with zero attached hydrogens (tertiary/aromatic N) is 1. The second-order valence-corrected chi connectivity index (χ2v) is 8.98. The van der Waals surface area contributed by atoms with Gasteiger partial charge < -0.3 is 5.32 Å². The summed E-state index contributed by atoms with van der Waals surface area (Å²) < 4.78 is 26.3. The molecular formula is C21H28N2O3S. The van der Waals surface area contributed by atoms with Gasteiger partial charge in [0.2, 0.25) is 10.0 Å². The Morgan fingerprint density at radius 3 is 2.07 bits per heavy atom. The zero-order chi connectivity index (χ0) is 20.2. The van der Waals surface area contributed by atoms with Crippen LogP contribution in [0.3, 0.4) is 0 Å². The Hall–Kier alpha value is -2.18. The second-order valence-electron chi connectivity index (χ2n) is 6.98. The number of benzene rings is 2. The molecule has 0 heterocycles. The van der Waals surface area contributed by atoms with E-state index in [1.165, 1.54) is 22.0 Å². The van der Waals surface area contributed by atoms with Crippen LogP contribution in [0.4, 0.5) is 0 Å². The van der Waals surface area contributed by atoms with Gasteiger partial charge in [0, 0.05) is 18.7 Å². The fourth-order valence-electron chi connectivity index (χ4n) is 2.68. The first kappa shape index (κ1) is 21.1. The molecule has 146 valence electrons. The van der Waals surface area contributed by atoms with Crippen LogP contribution in [0.5, 0.6) is 0 Å². The minimum Gasteiger partial charge on any atom is -0.345 e. The van der Waals surface area contributed by atoms with Crippen molar-refractivity contribution >= 4 is 15.9 Å². The normalized spacial score (nSPS) is 13.0. The van der Waals surface area contributed by atoms with E-state index in [2.05, 4.69) is 5.32 Å². The predicted molar refractivity (Wildman–Crippen MR) is 108 cm³/mol. The lowest BCUT2D eigenvalue weighted by molar-refractivity contribution is 0.0935. The van der Waals surface area contributed by atoms with Gasteiger partial charge in [0.1, 0.15) is 0 Å². The largest absolute Gasteiger partial charge is 0.345 e. The van der Waals surface area contributed by atoms with Gasteiger partial charge in [-0.1, -0.05) is 36.8 Å². The lowest BCUT2D eigenvalue weighted by Gasteiger charge is -2.21. The van der Waals surface area contributed by atoms with Gasteiger partial charge in [-0.2, -0.15) is 4.31 Å². The van der Waals surface area contributed by atoms with Gasteiger partial charge in [-0.3, -0.25) is 4.79 Å². The molecule has 0 aliphatic rings. The number of amides is 1. The molecule has 0 bridgehead atoms. The molecule has 27 heavy (non-hydrogen) atoms. The molecule has 1 amide bonds. The fourth-order valence-corrected chi connectivity index (χ4v) is 4.05. The zero-order valence-electron chi connectivity index (χ0n) is 16.6. The van der Waals surface area contributed by atoms with Crippen LogP contribution in [0.2, 0.25) is 0 Å². The Morgan fingerprint density at radius 1 is 1.04 bits per heavy atom. The summed E-state index contributed by atoms with van der Waals surface area (Å²) in [6, 6.07) is 13.9. The molecule has 0 aliphatic carbocycles. The maximum Gasteiger partial charge on any atom is 0.251 e. The van der Waals surface area contributed by atoms with Gasteiger partial charge in [-0.15, -0.1) is 0 Å². The molecule has 2 rings (SSSR count). The lowest BCUT2D eigenvalue weighted by atomic mass is 10.0. The number of sulfonamides is 1. The van der Waals surface area contributed by atoms with Gasteiger partial charge in [0.25, 0.3) is 5.91 Å². The Balaban J connectivity index is 2.16. The molecular weight excluding hydrogens is 360 g/mol. The molecule has 0 aromatic heterocycles. The molecule has 0 saturated heterocycles. The van der Waals surface area contributed by atoms with Crippen LogP contribution in [0, 0.1) is 6.92 Å². The molecule has 5 nitrogen and oxygen atoms in total. The van der Waals surface area contributed by atoms with Crippen molar-refractivity contribution in [2.45, 2.75) is 51.1 Å². The first-order chi connectivity index (χ1) is 12.7. The van der Waals surface area contributed by atoms with E-state index in [-0.39, 0.29) is 22.9 Å². The Labute approximate surface area is 162 Å². The summed E-state index contributed by atoms with van der Waals surface area (Å²) in [7, 11) is -2.00. The van der Waals surface area contributed by atoms with Crippen molar-refractivity contribution in [1.82, 2.24) is 9.62 Å². The summed E-state index contributed by atoms with van der Waals surface area (Å²) in [5.41, 5.74) is 2.66. The summed E-state index contributed by atoms with van der Waals surface area (Å²) in [4.78, 5) is 12.8. The summed E-state index contributed by atoms with van der Waals surface area (Å²) in [5, 5.41) is 3.02. The highest BCUT2D eigenvalue weighted by atomic mass is 32.2. The number of aryl methyl sites for hydroxylation is 1. The quantitative estimate of drug-likeness (QED) is 0.782. The molecule has 1 unspecified atom stereocenters. The molecule has 0 radical (unpaired) electrons. The van der Waals surface area contributed by atoms with Crippen LogP contribution in [-0.4, -0.2) is 31.7 Å². The van der Waals surface area contributed by atoms with Crippen LogP contribution >= 0.6 is 0 Å². The first-order valence-electron chi connectivity index (χ1n) is 9.12. The van der Waals surface area contributed by atoms with E-state index >= 15 is 0 Å². The lowest BCUT2D eigenvalue weighted by Crippen LogP contribution is -2.33. The fraction of sp³-hybridized carbons (Fsp3) is 0.381. The van der Waals surface area contributed by atoms with Crippen molar-refractivity contribution in [2.75, 3.05) is 7.05 Å². The van der Waals surface area contributed by atoms with E-state index in [9.17, 15) is 13.2 Å². The standard InChI is InChI=1S/C21H28N2O3S/c1-6-20(17-9-7-16(4)8-10-17)22-21(24)18-11-13-19(14-12-18)27(25,26)23(5)15(2)3/h7-15,20H,6H2,1-5H3,(H,22,24). The summed E-state index contributed by atoms with van der Waals surface area (Å²) in [6.07, 6.45) is 0.764. The average Bonchev–Trinajstić information content (AvgIpc) is 2.66. The predicted octanol–water partition coefficient (Wildman–Crippen LogP) is 3.91. The van der Waals surface area contributed by atoms with Crippen molar-refractivity contribution in [3.05, 3.63) is 65.2 Å². The zero-order valence-corrected chi connectivity index (χ0v) is 17.4. The average molecular weight is 389 g/mol. The van der Waals surface area contributed by atoms with Crippen molar-refractivity contribution in [1.29, 1.82) is 0 Å². The van der Waals surface area contributed by atoms with Crippen LogP contribution in [0.1, 0.15) is 54.7 Å². The third-order valence-electron chi connectivity index (χ3n) is 4.71. The third kappa shape index (κ3) is 4.96. The van der Waals surface area contributed by atoms with Crippen LogP contribution in [0.15, 0.2) is 53.4 Å². The van der Waals surface area contributed by atoms with Gasteiger partial charge in [0.05, 0.1) is 10.9 Å². The maximum atomic E-state index is 12.6. The number of rotatable bonds is 7. The van der Waals surface area contributed by atoms with Gasteiger partial charge in [-0.25, -0.2) is 8.42 Å². The van der Waals surface area contributed by atoms with E-state index in [4.69, 9.17) is 0 Å². The van der Waals surface area contributed by atoms with Crippen molar-refractivity contribution in [3.8, 4) is 0 Å².